The van der Waals surface area contributed by atoms with E-state index in [2.05, 4.69) is 231 Å². The van der Waals surface area contributed by atoms with E-state index in [1.807, 2.05) is 0 Å². The minimum absolute atomic E-state index is 0. The van der Waals surface area contributed by atoms with Gasteiger partial charge in [0, 0.05) is 9.52 Å². The van der Waals surface area contributed by atoms with Crippen molar-refractivity contribution in [1.82, 2.24) is 0 Å². The van der Waals surface area contributed by atoms with E-state index in [1.54, 1.807) is 0 Å². The van der Waals surface area contributed by atoms with Crippen LogP contribution < -0.4 is 0 Å². The van der Waals surface area contributed by atoms with Crippen molar-refractivity contribution in [1.29, 1.82) is 0 Å². The molecule has 372 valence electrons. The minimum Gasteiger partial charge on any atom is -0.164 e. The second-order valence-electron chi connectivity index (χ2n) is 21.7. The van der Waals surface area contributed by atoms with Crippen LogP contribution in [0.25, 0.3) is 109 Å². The summed E-state index contributed by atoms with van der Waals surface area (Å²) in [6, 6.07) is 81.5. The summed E-state index contributed by atoms with van der Waals surface area (Å²) in [5, 5.41) is 16.1. The number of hydrogen-bond acceptors (Lipinski definition) is 0. The molecule has 0 aromatic heterocycles. The molecule has 2 fully saturated rings. The van der Waals surface area contributed by atoms with Crippen molar-refractivity contribution in [3.63, 3.8) is 0 Å². The van der Waals surface area contributed by atoms with Crippen molar-refractivity contribution in [2.75, 3.05) is 0 Å². The number of rotatable bonds is 8. The van der Waals surface area contributed by atoms with Crippen molar-refractivity contribution >= 4 is 74.2 Å². The van der Waals surface area contributed by atoms with Crippen LogP contribution in [0.2, 0.25) is 13.1 Å². The second-order valence-corrected chi connectivity index (χ2v) is 22.7. The molecule has 0 amide bonds. The van der Waals surface area contributed by atoms with Crippen LogP contribution >= 0.6 is 0 Å². The summed E-state index contributed by atoms with van der Waals surface area (Å²) < 4.78 is 0. The van der Waals surface area contributed by atoms with Crippen LogP contribution in [0.3, 0.4) is 0 Å². The quantitative estimate of drug-likeness (QED) is 0.105. The van der Waals surface area contributed by atoms with E-state index in [1.165, 1.54) is 197 Å². The van der Waals surface area contributed by atoms with Gasteiger partial charge in [-0.25, -0.2) is 0 Å². The summed E-state index contributed by atoms with van der Waals surface area (Å²) in [5.74, 6) is 1.66. The number of hydrogen-bond donors (Lipinski definition) is 0. The van der Waals surface area contributed by atoms with Crippen molar-refractivity contribution in [2.24, 2.45) is 11.8 Å². The maximum Gasteiger partial charge on any atom is 2.00 e. The molecule has 2 radical (unpaired) electrons. The summed E-state index contributed by atoms with van der Waals surface area (Å²) in [7, 11) is 1.08. The Kier molecular flexibility index (Phi) is 16.2. The molecule has 0 saturated heterocycles. The van der Waals surface area contributed by atoms with E-state index in [9.17, 15) is 0 Å². The van der Waals surface area contributed by atoms with E-state index >= 15 is 0 Å². The van der Waals surface area contributed by atoms with Gasteiger partial charge in [-0.15, -0.1) is 44.8 Å². The zero-order chi connectivity index (χ0) is 50.5. The van der Waals surface area contributed by atoms with Crippen molar-refractivity contribution < 1.29 is 26.2 Å². The van der Waals surface area contributed by atoms with Crippen LogP contribution in [0.15, 0.2) is 218 Å². The maximum absolute atomic E-state index is 2.51. The molecule has 0 spiro atoms. The summed E-state index contributed by atoms with van der Waals surface area (Å²) in [6.45, 7) is 4.31. The van der Waals surface area contributed by atoms with Gasteiger partial charge in [0.1, 0.15) is 0 Å². The average molecular weight is 1080 g/mol. The van der Waals surface area contributed by atoms with Gasteiger partial charge >= 0.3 is 26.2 Å². The molecule has 0 heterocycles. The Balaban J connectivity index is 0.000000152. The van der Waals surface area contributed by atoms with Crippen molar-refractivity contribution in [2.45, 2.75) is 90.1 Å². The SMILES string of the molecule is C[Si]C.[Zr+2].c1ccc2c(-c3ccc(-c4cccc5ccccc45)c4[cH-]c(CC5CCCCC5)cc34)cccc2c1.c1ccc2c(-c3ccc(-c4cccc5ccccc45)c4[cH-]c(CC5CCCCC5)cc34)cccc2c1. The van der Waals surface area contributed by atoms with E-state index in [4.69, 9.17) is 0 Å². The van der Waals surface area contributed by atoms with Crippen molar-refractivity contribution in [3.05, 3.63) is 230 Å². The first-order valence-electron chi connectivity index (χ1n) is 28.1. The molecule has 2 heteroatoms. The van der Waals surface area contributed by atoms with Crippen LogP contribution in [-0.4, -0.2) is 9.52 Å². The van der Waals surface area contributed by atoms with Gasteiger partial charge in [0.2, 0.25) is 0 Å². The second kappa shape index (κ2) is 23.8. The summed E-state index contributed by atoms with van der Waals surface area (Å²) in [4.78, 5) is 0. The first-order valence-corrected chi connectivity index (χ1v) is 30.1. The first kappa shape index (κ1) is 51.7. The largest absolute Gasteiger partial charge is 2.00 e. The summed E-state index contributed by atoms with van der Waals surface area (Å²) in [6.07, 6.45) is 16.4. The normalized spacial score (nSPS) is 14.1. The van der Waals surface area contributed by atoms with Crippen LogP contribution in [-0.2, 0) is 39.0 Å². The van der Waals surface area contributed by atoms with Gasteiger partial charge in [-0.1, -0.05) is 305 Å². The first-order chi connectivity index (χ1) is 37.1. The molecule has 0 atom stereocenters. The summed E-state index contributed by atoms with van der Waals surface area (Å²) in [5.41, 5.74) is 13.7. The topological polar surface area (TPSA) is 0 Å². The Bertz CT molecular complexity index is 3420. The Morgan fingerprint density at radius 3 is 0.908 bits per heavy atom. The monoisotopic (exact) mass is 1070 g/mol. The Morgan fingerprint density at radius 1 is 0.316 bits per heavy atom. The number of fused-ring (bicyclic) bond motifs is 6. The van der Waals surface area contributed by atoms with Gasteiger partial charge in [-0.3, -0.25) is 0 Å². The van der Waals surface area contributed by atoms with E-state index in [0.717, 1.165) is 21.4 Å². The zero-order valence-corrected chi connectivity index (χ0v) is 47.9. The van der Waals surface area contributed by atoms with E-state index in [-0.39, 0.29) is 26.2 Å². The van der Waals surface area contributed by atoms with Gasteiger partial charge in [0.25, 0.3) is 0 Å². The molecule has 0 aliphatic heterocycles. The fourth-order valence-corrected chi connectivity index (χ4v) is 13.2. The number of benzene rings is 10. The standard InChI is InChI=1S/2C36H31.C2H6Si.Zr/c2*1-2-10-25(11-3-1)22-26-23-35-33(31-18-8-14-27-12-4-6-16-29(27)31)20-21-34(36(35)24-26)32-19-9-15-28-13-5-7-17-30(28)32;1-3-2;/h2*4-9,12-21,23-25H,1-3,10-11,22H2;1-2H3;/q2*-1;;+2. The van der Waals surface area contributed by atoms with Crippen LogP contribution in [0.1, 0.15) is 75.3 Å². The summed E-state index contributed by atoms with van der Waals surface area (Å²) >= 11 is 0. The Morgan fingerprint density at radius 2 is 0.579 bits per heavy atom. The molecule has 76 heavy (non-hydrogen) atoms. The predicted octanol–water partition coefficient (Wildman–Crippen LogP) is 21.4. The smallest absolute Gasteiger partial charge is 0.164 e. The van der Waals surface area contributed by atoms with Crippen LogP contribution in [0.4, 0.5) is 0 Å². The fourth-order valence-electron chi connectivity index (χ4n) is 13.2. The van der Waals surface area contributed by atoms with Gasteiger partial charge in [-0.2, -0.15) is 12.1 Å². The van der Waals surface area contributed by atoms with Crippen molar-refractivity contribution in [3.8, 4) is 44.5 Å². The third kappa shape index (κ3) is 10.7. The third-order valence-electron chi connectivity index (χ3n) is 16.7. The zero-order valence-electron chi connectivity index (χ0n) is 44.4. The molecule has 2 saturated carbocycles. The molecule has 2 aliphatic rings. The minimum atomic E-state index is 0. The molecule has 12 aromatic rings. The predicted molar refractivity (Wildman–Crippen MR) is 329 cm³/mol. The molecular weight excluding hydrogens is 1010 g/mol. The average Bonchev–Trinajstić information content (AvgIpc) is 4.20. The molecule has 0 bridgehead atoms. The Hall–Kier alpha value is -6.44. The fraction of sp³-hybridized carbons (Fsp3) is 0.216. The van der Waals surface area contributed by atoms with E-state index < -0.39 is 0 Å². The van der Waals surface area contributed by atoms with Gasteiger partial charge < -0.3 is 0 Å². The van der Waals surface area contributed by atoms with Gasteiger partial charge in [0.05, 0.1) is 0 Å². The molecule has 14 rings (SSSR count). The Labute approximate surface area is 472 Å². The molecular formula is C74H68SiZr. The van der Waals surface area contributed by atoms with Crippen LogP contribution in [0, 0.1) is 11.8 Å². The molecule has 12 aromatic carbocycles. The third-order valence-corrected chi connectivity index (χ3v) is 16.7. The maximum atomic E-state index is 2.51. The van der Waals surface area contributed by atoms with Gasteiger partial charge in [0.15, 0.2) is 0 Å². The molecule has 2 aliphatic carbocycles. The van der Waals surface area contributed by atoms with E-state index in [0.29, 0.717) is 0 Å². The molecule has 0 unspecified atom stereocenters. The van der Waals surface area contributed by atoms with Gasteiger partial charge in [-0.05, 0) is 78.9 Å². The van der Waals surface area contributed by atoms with Crippen LogP contribution in [0.5, 0.6) is 0 Å². The molecule has 0 nitrogen and oxygen atoms in total. The molecule has 0 N–H and O–H groups in total.